The van der Waals surface area contributed by atoms with Crippen molar-refractivity contribution in [3.05, 3.63) is 39.6 Å². The number of nitrogens with zero attached hydrogens (tertiary/aromatic N) is 4. The van der Waals surface area contributed by atoms with Gasteiger partial charge in [-0.05, 0) is 19.1 Å². The molecule has 1 atom stereocenters. The summed E-state index contributed by atoms with van der Waals surface area (Å²) in [6.45, 7) is -1.34. The van der Waals surface area contributed by atoms with Gasteiger partial charge in [0.15, 0.2) is 5.76 Å². The van der Waals surface area contributed by atoms with Crippen molar-refractivity contribution in [3.8, 4) is 22.9 Å². The molecule has 0 saturated heterocycles. The minimum atomic E-state index is -3.13. The van der Waals surface area contributed by atoms with Crippen molar-refractivity contribution in [1.82, 2.24) is 19.8 Å². The molecule has 8 nitrogen and oxygen atoms in total. The lowest BCUT2D eigenvalue weighted by Crippen LogP contribution is -2.38. The van der Waals surface area contributed by atoms with Gasteiger partial charge in [-0.2, -0.15) is 13.9 Å². The summed E-state index contributed by atoms with van der Waals surface area (Å²) in [6, 6.07) is 1.90. The number of methoxy groups -OCH3 is 1. The van der Waals surface area contributed by atoms with Crippen LogP contribution in [0.4, 0.5) is 13.2 Å². The molecule has 0 radical (unpaired) electrons. The molecule has 0 bridgehead atoms. The maximum atomic E-state index is 14.7. The highest BCUT2D eigenvalue weighted by atomic mass is 35.5. The SMILES string of the molecule is COC1=C(Oc2cc(-c3nn(C)c(OC(F)F)c3Cl)c(F)cc2Cl)N(C)N(C=N)C1C. The zero-order valence-electron chi connectivity index (χ0n) is 16.8. The van der Waals surface area contributed by atoms with Crippen LogP contribution >= 0.6 is 23.2 Å². The molecule has 31 heavy (non-hydrogen) atoms. The summed E-state index contributed by atoms with van der Waals surface area (Å²) < 4.78 is 56.6. The number of aromatic nitrogens is 2. The summed E-state index contributed by atoms with van der Waals surface area (Å²) in [4.78, 5) is 0. The molecule has 2 heterocycles. The average Bonchev–Trinajstić information content (AvgIpc) is 3.10. The van der Waals surface area contributed by atoms with Crippen LogP contribution in [0.15, 0.2) is 23.8 Å². The van der Waals surface area contributed by atoms with Crippen molar-refractivity contribution in [1.29, 1.82) is 5.41 Å². The maximum Gasteiger partial charge on any atom is 0.388 e. The lowest BCUT2D eigenvalue weighted by atomic mass is 10.1. The van der Waals surface area contributed by atoms with E-state index in [0.29, 0.717) is 5.76 Å². The summed E-state index contributed by atoms with van der Waals surface area (Å²) >= 11 is 12.3. The van der Waals surface area contributed by atoms with Gasteiger partial charge in [-0.15, -0.1) is 0 Å². The Hall–Kier alpha value is -2.79. The van der Waals surface area contributed by atoms with Gasteiger partial charge < -0.3 is 14.2 Å². The number of hydrazine groups is 1. The van der Waals surface area contributed by atoms with Crippen molar-refractivity contribution in [2.45, 2.75) is 19.6 Å². The minimum absolute atomic E-state index is 0.0338. The van der Waals surface area contributed by atoms with E-state index in [1.54, 1.807) is 14.0 Å². The number of rotatable bonds is 7. The second-order valence-electron chi connectivity index (χ2n) is 6.42. The van der Waals surface area contributed by atoms with E-state index >= 15 is 0 Å². The Balaban J connectivity index is 2.06. The first-order valence-corrected chi connectivity index (χ1v) is 9.51. The van der Waals surface area contributed by atoms with Crippen molar-refractivity contribution < 1.29 is 27.4 Å². The lowest BCUT2D eigenvalue weighted by molar-refractivity contribution is -0.0552. The number of hydrogen-bond donors (Lipinski definition) is 1. The predicted octanol–water partition coefficient (Wildman–Crippen LogP) is 4.49. The third kappa shape index (κ3) is 4.07. The minimum Gasteiger partial charge on any atom is -0.493 e. The number of alkyl halides is 2. The highest BCUT2D eigenvalue weighted by Gasteiger charge is 2.36. The summed E-state index contributed by atoms with van der Waals surface area (Å²) in [5.41, 5.74) is -0.268. The van der Waals surface area contributed by atoms with Crippen LogP contribution in [0, 0.1) is 11.2 Å². The van der Waals surface area contributed by atoms with Gasteiger partial charge in [0.2, 0.25) is 5.88 Å². The van der Waals surface area contributed by atoms with Gasteiger partial charge in [0.1, 0.15) is 34.7 Å². The Labute approximate surface area is 185 Å². The Morgan fingerprint density at radius 3 is 2.52 bits per heavy atom. The zero-order chi connectivity index (χ0) is 23.0. The van der Waals surface area contributed by atoms with Crippen LogP contribution in [-0.2, 0) is 11.8 Å². The van der Waals surface area contributed by atoms with Crippen LogP contribution in [-0.4, -0.2) is 52.9 Å². The smallest absolute Gasteiger partial charge is 0.388 e. The number of ether oxygens (including phenoxy) is 3. The fourth-order valence-corrected chi connectivity index (χ4v) is 3.65. The molecule has 1 aliphatic rings. The summed E-state index contributed by atoms with van der Waals surface area (Å²) in [5, 5.41) is 14.3. The highest BCUT2D eigenvalue weighted by Crippen LogP contribution is 2.41. The maximum absolute atomic E-state index is 14.7. The van der Waals surface area contributed by atoms with Gasteiger partial charge >= 0.3 is 6.61 Å². The molecule has 1 unspecified atom stereocenters. The first kappa shape index (κ1) is 22.9. The molecule has 0 saturated carbocycles. The second kappa shape index (κ2) is 8.75. The standard InChI is InChI=1S/C18H18Cl2F3N5O3/c1-8-15(29-4)17(27(3)28(8)7-24)30-12-5-9(11(21)6-10(12)19)14-13(20)16(26(2)25-14)31-18(22)23/h5-8,18,24H,1-4H3. The Morgan fingerprint density at radius 1 is 1.26 bits per heavy atom. The summed E-state index contributed by atoms with van der Waals surface area (Å²) in [7, 11) is 4.42. The number of benzene rings is 1. The predicted molar refractivity (Wildman–Crippen MR) is 108 cm³/mol. The van der Waals surface area contributed by atoms with Crippen LogP contribution in [0.1, 0.15) is 6.92 Å². The van der Waals surface area contributed by atoms with E-state index in [9.17, 15) is 13.2 Å². The molecule has 168 valence electrons. The molecule has 3 rings (SSSR count). The van der Waals surface area contributed by atoms with E-state index in [1.165, 1.54) is 30.2 Å². The first-order valence-electron chi connectivity index (χ1n) is 8.75. The fraction of sp³-hybridized carbons (Fsp3) is 0.333. The fourth-order valence-electron chi connectivity index (χ4n) is 3.16. The quantitative estimate of drug-likeness (QED) is 0.465. The average molecular weight is 480 g/mol. The third-order valence-corrected chi connectivity index (χ3v) is 5.24. The Morgan fingerprint density at radius 2 is 1.94 bits per heavy atom. The highest BCUT2D eigenvalue weighted by molar-refractivity contribution is 6.34. The number of halogens is 5. The molecule has 0 amide bonds. The van der Waals surface area contributed by atoms with Gasteiger partial charge in [0.05, 0.1) is 12.1 Å². The molecule has 1 aliphatic heterocycles. The van der Waals surface area contributed by atoms with E-state index in [-0.39, 0.29) is 39.0 Å². The van der Waals surface area contributed by atoms with Gasteiger partial charge in [-0.25, -0.2) is 9.07 Å². The van der Waals surface area contributed by atoms with Crippen molar-refractivity contribution >= 4 is 29.5 Å². The van der Waals surface area contributed by atoms with Crippen molar-refractivity contribution in [3.63, 3.8) is 0 Å². The lowest BCUT2D eigenvalue weighted by Gasteiger charge is -2.27. The van der Waals surface area contributed by atoms with E-state index < -0.39 is 18.3 Å². The molecular formula is C18H18Cl2F3N5O3. The molecule has 0 fully saturated rings. The number of hydrogen-bond acceptors (Lipinski definition) is 6. The molecule has 2 aromatic rings. The molecule has 1 aromatic carbocycles. The van der Waals surface area contributed by atoms with Crippen LogP contribution in [0.5, 0.6) is 11.6 Å². The molecular weight excluding hydrogens is 462 g/mol. The molecule has 13 heteroatoms. The molecule has 0 spiro atoms. The molecule has 1 N–H and O–H groups in total. The van der Waals surface area contributed by atoms with Crippen molar-refractivity contribution in [2.75, 3.05) is 14.2 Å². The van der Waals surface area contributed by atoms with E-state index in [1.807, 2.05) is 0 Å². The normalized spacial score (nSPS) is 16.4. The summed E-state index contributed by atoms with van der Waals surface area (Å²) in [6.07, 6.45) is 1.09. The van der Waals surface area contributed by atoms with Crippen LogP contribution in [0.3, 0.4) is 0 Å². The summed E-state index contributed by atoms with van der Waals surface area (Å²) in [5.74, 6) is -0.537. The Kier molecular flexibility index (Phi) is 6.46. The van der Waals surface area contributed by atoms with E-state index in [2.05, 4.69) is 9.84 Å². The van der Waals surface area contributed by atoms with Gasteiger partial charge in [-0.1, -0.05) is 23.2 Å². The topological polar surface area (TPSA) is 75.8 Å². The number of aryl methyl sites for hydroxylation is 1. The monoisotopic (exact) mass is 479 g/mol. The molecule has 1 aromatic heterocycles. The van der Waals surface area contributed by atoms with Crippen LogP contribution < -0.4 is 9.47 Å². The zero-order valence-corrected chi connectivity index (χ0v) is 18.3. The van der Waals surface area contributed by atoms with E-state index in [0.717, 1.165) is 17.1 Å². The van der Waals surface area contributed by atoms with Gasteiger partial charge in [-0.3, -0.25) is 15.4 Å². The van der Waals surface area contributed by atoms with Crippen LogP contribution in [0.25, 0.3) is 11.3 Å². The van der Waals surface area contributed by atoms with Crippen molar-refractivity contribution in [2.24, 2.45) is 7.05 Å². The first-order chi connectivity index (χ1) is 14.6. The van der Waals surface area contributed by atoms with E-state index in [4.69, 9.17) is 38.1 Å². The largest absolute Gasteiger partial charge is 0.493 e. The number of nitrogens with one attached hydrogen (secondary N) is 1. The van der Waals surface area contributed by atoms with Crippen LogP contribution in [0.2, 0.25) is 10.0 Å². The Bertz CT molecular complexity index is 1050. The molecule has 0 aliphatic carbocycles. The second-order valence-corrected chi connectivity index (χ2v) is 7.20. The van der Waals surface area contributed by atoms with Gasteiger partial charge in [0, 0.05) is 19.7 Å². The third-order valence-electron chi connectivity index (χ3n) is 4.60. The van der Waals surface area contributed by atoms with Gasteiger partial charge in [0.25, 0.3) is 5.88 Å².